The summed E-state index contributed by atoms with van der Waals surface area (Å²) in [4.78, 5) is 29.5. The van der Waals surface area contributed by atoms with Crippen molar-refractivity contribution < 1.29 is 0 Å². The molecule has 6 heteroatoms. The number of aryl methyl sites for hydroxylation is 1. The van der Waals surface area contributed by atoms with E-state index in [9.17, 15) is 0 Å². The van der Waals surface area contributed by atoms with Gasteiger partial charge in [-0.1, -0.05) is 146 Å². The first-order valence-corrected chi connectivity index (χ1v) is 16.1. The first-order chi connectivity index (χ1) is 24.2. The fourth-order valence-corrected chi connectivity index (χ4v) is 5.91. The van der Waals surface area contributed by atoms with Gasteiger partial charge in [0.2, 0.25) is 0 Å². The van der Waals surface area contributed by atoms with Gasteiger partial charge < -0.3 is 0 Å². The number of nitrogens with zero attached hydrogens (tertiary/aromatic N) is 6. The molecule has 0 aliphatic carbocycles. The summed E-state index contributed by atoms with van der Waals surface area (Å²) >= 11 is 0. The normalized spacial score (nSPS) is 11.0. The quantitative estimate of drug-likeness (QED) is 0.174. The topological polar surface area (TPSA) is 77.3 Å². The Kier molecular flexibility index (Phi) is 8.02. The van der Waals surface area contributed by atoms with Crippen molar-refractivity contribution in [3.8, 4) is 79.2 Å². The van der Waals surface area contributed by atoms with Crippen LogP contribution in [-0.2, 0) is 0 Å². The second kappa shape index (κ2) is 13.2. The van der Waals surface area contributed by atoms with Crippen LogP contribution >= 0.6 is 0 Å². The van der Waals surface area contributed by atoms with E-state index in [0.717, 1.165) is 50.1 Å². The Bertz CT molecular complexity index is 2320. The van der Waals surface area contributed by atoms with Gasteiger partial charge in [0.25, 0.3) is 0 Å². The van der Waals surface area contributed by atoms with Crippen molar-refractivity contribution in [3.63, 3.8) is 0 Å². The Balaban J connectivity index is 1.38. The summed E-state index contributed by atoms with van der Waals surface area (Å²) in [5, 5.41) is 0. The predicted octanol–water partition coefficient (Wildman–Crippen LogP) is 10.0. The second-order valence-electron chi connectivity index (χ2n) is 11.6. The molecule has 0 fully saturated rings. The minimum atomic E-state index is 0.557. The molecule has 8 aromatic rings. The van der Waals surface area contributed by atoms with E-state index in [1.165, 1.54) is 0 Å². The van der Waals surface area contributed by atoms with Gasteiger partial charge in [0.15, 0.2) is 29.1 Å². The fraction of sp³-hybridized carbons (Fsp3) is 0.0233. The highest BCUT2D eigenvalue weighted by Crippen LogP contribution is 2.37. The Morgan fingerprint density at radius 1 is 0.265 bits per heavy atom. The van der Waals surface area contributed by atoms with Crippen LogP contribution in [0.1, 0.15) is 5.82 Å². The van der Waals surface area contributed by atoms with E-state index in [0.29, 0.717) is 34.9 Å². The van der Waals surface area contributed by atoms with E-state index >= 15 is 0 Å². The van der Waals surface area contributed by atoms with Crippen LogP contribution in [0.5, 0.6) is 0 Å². The molecule has 2 heterocycles. The van der Waals surface area contributed by atoms with E-state index in [2.05, 4.69) is 71.7 Å². The second-order valence-corrected chi connectivity index (χ2v) is 11.6. The summed E-state index contributed by atoms with van der Waals surface area (Å²) in [6, 6.07) is 55.3. The van der Waals surface area contributed by atoms with Crippen molar-refractivity contribution >= 4 is 0 Å². The lowest BCUT2D eigenvalue weighted by Crippen LogP contribution is -2.02. The van der Waals surface area contributed by atoms with E-state index in [1.807, 2.05) is 104 Å². The van der Waals surface area contributed by atoms with E-state index in [1.54, 1.807) is 0 Å². The molecule has 49 heavy (non-hydrogen) atoms. The highest BCUT2D eigenvalue weighted by molar-refractivity contribution is 5.87. The number of hydrogen-bond acceptors (Lipinski definition) is 6. The molecule has 0 spiro atoms. The van der Waals surface area contributed by atoms with E-state index in [-0.39, 0.29) is 0 Å². The van der Waals surface area contributed by atoms with Gasteiger partial charge in [-0.3, -0.25) is 0 Å². The molecular formula is C43H30N6. The van der Waals surface area contributed by atoms with Gasteiger partial charge in [-0.05, 0) is 47.4 Å². The Morgan fingerprint density at radius 3 is 0.980 bits per heavy atom. The van der Waals surface area contributed by atoms with Crippen LogP contribution in [0, 0.1) is 6.92 Å². The Labute approximate surface area is 285 Å². The third kappa shape index (κ3) is 6.35. The summed E-state index contributed by atoms with van der Waals surface area (Å²) in [7, 11) is 0. The van der Waals surface area contributed by atoms with Crippen LogP contribution in [0.15, 0.2) is 164 Å². The molecule has 6 aromatic carbocycles. The van der Waals surface area contributed by atoms with Crippen molar-refractivity contribution in [1.29, 1.82) is 0 Å². The summed E-state index contributed by atoms with van der Waals surface area (Å²) in [6.45, 7) is 1.90. The molecule has 0 saturated heterocycles. The minimum Gasteiger partial charge on any atom is -0.213 e. The highest BCUT2D eigenvalue weighted by Gasteiger charge is 2.18. The summed E-state index contributed by atoms with van der Waals surface area (Å²) in [6.07, 6.45) is 0. The molecule has 6 nitrogen and oxygen atoms in total. The number of hydrogen-bond donors (Lipinski definition) is 0. The molecular weight excluding hydrogens is 601 g/mol. The summed E-state index contributed by atoms with van der Waals surface area (Å²) in [5.74, 6) is 3.59. The zero-order chi connectivity index (χ0) is 33.0. The first-order valence-electron chi connectivity index (χ1n) is 16.1. The van der Waals surface area contributed by atoms with Crippen LogP contribution in [0.3, 0.4) is 0 Å². The van der Waals surface area contributed by atoms with Crippen LogP contribution < -0.4 is 0 Å². The summed E-state index contributed by atoms with van der Waals surface area (Å²) < 4.78 is 0. The van der Waals surface area contributed by atoms with Crippen molar-refractivity contribution in [2.45, 2.75) is 6.92 Å². The fourth-order valence-electron chi connectivity index (χ4n) is 5.91. The van der Waals surface area contributed by atoms with Gasteiger partial charge in [-0.15, -0.1) is 0 Å². The predicted molar refractivity (Wildman–Crippen MR) is 196 cm³/mol. The van der Waals surface area contributed by atoms with E-state index in [4.69, 9.17) is 24.9 Å². The van der Waals surface area contributed by atoms with Gasteiger partial charge in [0.05, 0.1) is 0 Å². The van der Waals surface area contributed by atoms with Gasteiger partial charge in [-0.2, -0.15) is 0 Å². The molecule has 0 unspecified atom stereocenters. The molecule has 8 rings (SSSR count). The number of aromatic nitrogens is 6. The third-order valence-corrected chi connectivity index (χ3v) is 8.25. The van der Waals surface area contributed by atoms with Crippen LogP contribution in [-0.4, -0.2) is 29.9 Å². The van der Waals surface area contributed by atoms with E-state index < -0.39 is 0 Å². The monoisotopic (exact) mass is 630 g/mol. The Hall–Kier alpha value is -6.66. The van der Waals surface area contributed by atoms with Crippen LogP contribution in [0.4, 0.5) is 0 Å². The van der Waals surface area contributed by atoms with Gasteiger partial charge in [0, 0.05) is 27.8 Å². The average molecular weight is 631 g/mol. The SMILES string of the molecule is Cc1nc(-c2ccccc2)nc(-c2cc(-c3nc(-c4ccccc4)nc(-c4ccccc4)n3)cc(-c3ccccc3-c3ccccc3)c2)n1. The molecule has 232 valence electrons. The maximum atomic E-state index is 5.06. The Morgan fingerprint density at radius 2 is 0.551 bits per heavy atom. The lowest BCUT2D eigenvalue weighted by molar-refractivity contribution is 0.992. The summed E-state index contributed by atoms with van der Waals surface area (Å²) in [5.41, 5.74) is 8.73. The largest absolute Gasteiger partial charge is 0.213 e. The molecule has 0 bridgehead atoms. The molecule has 0 N–H and O–H groups in total. The molecule has 0 aliphatic heterocycles. The lowest BCUT2D eigenvalue weighted by atomic mass is 9.92. The van der Waals surface area contributed by atoms with Crippen LogP contribution in [0.2, 0.25) is 0 Å². The van der Waals surface area contributed by atoms with Gasteiger partial charge in [-0.25, -0.2) is 29.9 Å². The van der Waals surface area contributed by atoms with Crippen LogP contribution in [0.25, 0.3) is 79.2 Å². The van der Waals surface area contributed by atoms with Crippen molar-refractivity contribution in [3.05, 3.63) is 170 Å². The van der Waals surface area contributed by atoms with Crippen molar-refractivity contribution in [1.82, 2.24) is 29.9 Å². The number of benzene rings is 6. The molecule has 0 amide bonds. The average Bonchev–Trinajstić information content (AvgIpc) is 3.18. The first kappa shape index (κ1) is 29.7. The highest BCUT2D eigenvalue weighted by atomic mass is 15.0. The molecule has 0 aliphatic rings. The zero-order valence-electron chi connectivity index (χ0n) is 26.8. The number of rotatable bonds is 7. The third-order valence-electron chi connectivity index (χ3n) is 8.25. The van der Waals surface area contributed by atoms with Crippen molar-refractivity contribution in [2.75, 3.05) is 0 Å². The molecule has 0 saturated carbocycles. The smallest absolute Gasteiger partial charge is 0.164 e. The standard InChI is InChI=1S/C43H30N6/c1-29-44-39(31-18-8-3-9-19-31)46-42(45-29)35-26-34(38-25-15-14-24-37(38)30-16-6-2-7-17-30)27-36(28-35)43-48-40(32-20-10-4-11-21-32)47-41(49-43)33-22-12-5-13-23-33/h2-28H,1H3. The van der Waals surface area contributed by atoms with Gasteiger partial charge in [0.1, 0.15) is 5.82 Å². The van der Waals surface area contributed by atoms with Gasteiger partial charge >= 0.3 is 0 Å². The lowest BCUT2D eigenvalue weighted by Gasteiger charge is -2.15. The zero-order valence-corrected chi connectivity index (χ0v) is 26.8. The molecule has 2 aromatic heterocycles. The minimum absolute atomic E-state index is 0.557. The maximum Gasteiger partial charge on any atom is 0.164 e. The molecule has 0 atom stereocenters. The van der Waals surface area contributed by atoms with Crippen molar-refractivity contribution in [2.24, 2.45) is 0 Å². The maximum absolute atomic E-state index is 5.06. The molecule has 0 radical (unpaired) electrons.